The third kappa shape index (κ3) is 4.04. The van der Waals surface area contributed by atoms with E-state index >= 15 is 0 Å². The first-order valence-electron chi connectivity index (χ1n) is 7.43. The van der Waals surface area contributed by atoms with E-state index in [-0.39, 0.29) is 12.2 Å². The number of thioether (sulfide) groups is 1. The van der Waals surface area contributed by atoms with E-state index in [0.717, 1.165) is 10.5 Å². The van der Waals surface area contributed by atoms with E-state index in [9.17, 15) is 19.6 Å². The molecule has 2 unspecified atom stereocenters. The molecule has 0 bridgehead atoms. The number of rotatable bonds is 8. The first-order valence-corrected chi connectivity index (χ1v) is 9.23. The molecule has 0 amide bonds. The van der Waals surface area contributed by atoms with E-state index in [1.165, 1.54) is 18.7 Å². The van der Waals surface area contributed by atoms with Crippen LogP contribution in [0.4, 0.5) is 0 Å². The fourth-order valence-electron chi connectivity index (χ4n) is 2.36. The molecule has 0 fully saturated rings. The molecule has 24 heavy (non-hydrogen) atoms. The minimum Gasteiger partial charge on any atom is -0.479 e. The Morgan fingerprint density at radius 2 is 1.62 bits per heavy atom. The summed E-state index contributed by atoms with van der Waals surface area (Å²) in [7, 11) is -0.398. The summed E-state index contributed by atoms with van der Waals surface area (Å²) in [5, 5.41) is 18.8. The molecule has 0 heterocycles. The number of carbonyl (C=O) groups is 1. The Kier molecular flexibility index (Phi) is 6.16. The molecule has 6 heteroatoms. The van der Waals surface area contributed by atoms with E-state index in [1.54, 1.807) is 0 Å². The van der Waals surface area contributed by atoms with Gasteiger partial charge in [-0.1, -0.05) is 48.5 Å². The van der Waals surface area contributed by atoms with Gasteiger partial charge in [0, 0.05) is 10.6 Å². The summed E-state index contributed by atoms with van der Waals surface area (Å²) >= 11 is 1.39. The maximum atomic E-state index is 12.1. The number of hydrogen-bond acceptors (Lipinski definition) is 4. The van der Waals surface area contributed by atoms with Gasteiger partial charge in [0.25, 0.3) is 0 Å². The van der Waals surface area contributed by atoms with Gasteiger partial charge in [-0.3, -0.25) is 4.57 Å². The van der Waals surface area contributed by atoms with E-state index in [0.29, 0.717) is 0 Å². The van der Waals surface area contributed by atoms with Gasteiger partial charge in [0.05, 0.1) is 0 Å². The van der Waals surface area contributed by atoms with Gasteiger partial charge in [0.15, 0.2) is 14.1 Å². The number of aliphatic hydroxyl groups is 1. The second-order valence-corrected chi connectivity index (χ2v) is 7.85. The molecule has 0 aliphatic heterocycles. The predicted octanol–water partition coefficient (Wildman–Crippen LogP) is 3.89. The Morgan fingerprint density at radius 3 is 2.12 bits per heavy atom. The van der Waals surface area contributed by atoms with Gasteiger partial charge in [0.1, 0.15) is 5.16 Å². The minimum atomic E-state index is -2.13. The Bertz CT molecular complexity index is 691. The highest BCUT2D eigenvalue weighted by Gasteiger charge is 2.53. The maximum Gasteiger partial charge on any atom is 0.336 e. The first-order chi connectivity index (χ1) is 11.4. The average Bonchev–Trinajstić information content (AvgIpc) is 2.60. The van der Waals surface area contributed by atoms with Gasteiger partial charge in [0.2, 0.25) is 0 Å². The van der Waals surface area contributed by atoms with E-state index in [1.807, 2.05) is 60.7 Å². The quantitative estimate of drug-likeness (QED) is 0.550. The third-order valence-corrected chi connectivity index (χ3v) is 6.62. The van der Waals surface area contributed by atoms with E-state index < -0.39 is 25.2 Å². The molecule has 0 radical (unpaired) electrons. The second kappa shape index (κ2) is 7.93. The molecule has 126 valence electrons. The molecular formula is C18H19O4PS. The normalized spacial score (nSPS) is 16.2. The predicted molar refractivity (Wildman–Crippen MR) is 95.9 cm³/mol. The zero-order chi connectivity index (χ0) is 17.6. The van der Waals surface area contributed by atoms with Crippen LogP contribution in [0.2, 0.25) is 0 Å². The van der Waals surface area contributed by atoms with Gasteiger partial charge in [-0.05, 0) is 31.0 Å². The van der Waals surface area contributed by atoms with Crippen LogP contribution in [0.3, 0.4) is 0 Å². The van der Waals surface area contributed by atoms with Crippen LogP contribution in [0.15, 0.2) is 65.6 Å². The highest BCUT2D eigenvalue weighted by molar-refractivity contribution is 7.99. The van der Waals surface area contributed by atoms with Crippen molar-refractivity contribution in [1.82, 2.24) is 0 Å². The highest BCUT2D eigenvalue weighted by atomic mass is 32.2. The lowest BCUT2D eigenvalue weighted by Gasteiger charge is -2.37. The Morgan fingerprint density at radius 1 is 1.08 bits per heavy atom. The smallest absolute Gasteiger partial charge is 0.336 e. The van der Waals surface area contributed by atoms with Crippen molar-refractivity contribution < 1.29 is 19.6 Å². The van der Waals surface area contributed by atoms with Crippen LogP contribution in [0, 0.1) is 0 Å². The lowest BCUT2D eigenvalue weighted by Crippen LogP contribution is -2.56. The topological polar surface area (TPSA) is 74.6 Å². The molecule has 0 spiro atoms. The van der Waals surface area contributed by atoms with Gasteiger partial charge >= 0.3 is 5.97 Å². The molecule has 0 aromatic heterocycles. The molecule has 2 N–H and O–H groups in total. The van der Waals surface area contributed by atoms with Crippen LogP contribution < -0.4 is 0 Å². The molecule has 0 aliphatic carbocycles. The molecule has 2 atom stereocenters. The zero-order valence-electron chi connectivity index (χ0n) is 13.3. The minimum absolute atomic E-state index is 0.192. The second-order valence-electron chi connectivity index (χ2n) is 5.76. The van der Waals surface area contributed by atoms with Crippen LogP contribution in [0.25, 0.3) is 0 Å². The van der Waals surface area contributed by atoms with Crippen molar-refractivity contribution in [2.24, 2.45) is 0 Å². The zero-order valence-corrected chi connectivity index (χ0v) is 15.0. The Labute approximate surface area is 147 Å². The SMILES string of the molecule is CC(O)(C(=O)O)C(CSc1ccccc1)(Cc1ccccc1)P=O. The fourth-order valence-corrected chi connectivity index (χ4v) is 4.43. The summed E-state index contributed by atoms with van der Waals surface area (Å²) in [5.41, 5.74) is -1.30. The maximum absolute atomic E-state index is 12.1. The number of hydrogen-bond donors (Lipinski definition) is 2. The summed E-state index contributed by atoms with van der Waals surface area (Å²) in [6.07, 6.45) is 0.192. The van der Waals surface area contributed by atoms with Crippen molar-refractivity contribution in [3.63, 3.8) is 0 Å². The monoisotopic (exact) mass is 362 g/mol. The summed E-state index contributed by atoms with van der Waals surface area (Å²) < 4.78 is 12.1. The third-order valence-electron chi connectivity index (χ3n) is 4.06. The van der Waals surface area contributed by atoms with E-state index in [4.69, 9.17) is 0 Å². The van der Waals surface area contributed by atoms with Crippen LogP contribution in [-0.2, 0) is 15.8 Å². The van der Waals surface area contributed by atoms with Crippen molar-refractivity contribution >= 4 is 26.2 Å². The Balaban J connectivity index is 2.35. The lowest BCUT2D eigenvalue weighted by molar-refractivity contribution is -0.159. The van der Waals surface area contributed by atoms with Crippen molar-refractivity contribution in [2.75, 3.05) is 5.75 Å². The fraction of sp³-hybridized carbons (Fsp3) is 0.278. The van der Waals surface area contributed by atoms with Crippen molar-refractivity contribution in [2.45, 2.75) is 29.0 Å². The first kappa shape index (κ1) is 18.7. The average molecular weight is 362 g/mol. The molecular weight excluding hydrogens is 343 g/mol. The summed E-state index contributed by atoms with van der Waals surface area (Å²) in [4.78, 5) is 12.6. The molecule has 2 aromatic carbocycles. The van der Waals surface area contributed by atoms with Gasteiger partial charge < -0.3 is 10.2 Å². The van der Waals surface area contributed by atoms with Crippen molar-refractivity contribution in [3.8, 4) is 0 Å². The Hall–Kier alpha value is -1.68. The summed E-state index contributed by atoms with van der Waals surface area (Å²) in [6.45, 7) is 1.22. The van der Waals surface area contributed by atoms with Gasteiger partial charge in [-0.25, -0.2) is 4.79 Å². The van der Waals surface area contributed by atoms with Crippen molar-refractivity contribution in [1.29, 1.82) is 0 Å². The van der Waals surface area contributed by atoms with Crippen LogP contribution in [0.1, 0.15) is 12.5 Å². The molecule has 0 saturated carbocycles. The molecule has 0 aliphatic rings. The summed E-state index contributed by atoms with van der Waals surface area (Å²) in [6, 6.07) is 18.6. The number of carboxylic acids is 1. The standard InChI is InChI=1S/C18H19O4PS/c1-17(21,16(19)20)18(23-22,12-14-8-4-2-5-9-14)13-24-15-10-6-3-7-11-15/h2-11,21H,12-13H2,1H3,(H,19,20). The van der Waals surface area contributed by atoms with Gasteiger partial charge in [-0.15, -0.1) is 11.8 Å². The molecule has 4 nitrogen and oxygen atoms in total. The van der Waals surface area contributed by atoms with Crippen LogP contribution >= 0.6 is 20.2 Å². The molecule has 2 aromatic rings. The van der Waals surface area contributed by atoms with E-state index in [2.05, 4.69) is 0 Å². The van der Waals surface area contributed by atoms with Crippen molar-refractivity contribution in [3.05, 3.63) is 66.2 Å². The number of carboxylic acid groups (broad SMARTS) is 1. The molecule has 0 saturated heterocycles. The largest absolute Gasteiger partial charge is 0.479 e. The van der Waals surface area contributed by atoms with Gasteiger partial charge in [-0.2, -0.15) is 0 Å². The lowest BCUT2D eigenvalue weighted by atomic mass is 9.84. The summed E-state index contributed by atoms with van der Waals surface area (Å²) in [5.74, 6) is -1.17. The van der Waals surface area contributed by atoms with Crippen LogP contribution in [0.5, 0.6) is 0 Å². The highest BCUT2D eigenvalue weighted by Crippen LogP contribution is 2.42. The van der Waals surface area contributed by atoms with Crippen LogP contribution in [-0.4, -0.2) is 32.7 Å². The number of aliphatic carboxylic acids is 1. The molecule has 2 rings (SSSR count). The number of benzene rings is 2.